The number of amides is 1. The van der Waals surface area contributed by atoms with Crippen LogP contribution < -0.4 is 5.32 Å². The molecule has 5 heteroatoms. The van der Waals surface area contributed by atoms with Gasteiger partial charge in [0.25, 0.3) is 0 Å². The fourth-order valence-electron chi connectivity index (χ4n) is 2.22. The smallest absolute Gasteiger partial charge is 0.407 e. The van der Waals surface area contributed by atoms with Gasteiger partial charge in [0.05, 0.1) is 0 Å². The number of rotatable bonds is 7. The second-order valence-corrected chi connectivity index (χ2v) is 6.26. The third kappa shape index (κ3) is 6.82. The standard InChI is InChI=1S/C18H21BrN2O2/c1-14(7-5-10-16-11-6-12-17(19)21-16)20-18(22)23-13-15-8-3-2-4-9-15/h2-4,6,8-9,11-12,14H,5,7,10,13H2,1H3,(H,20,22)/t14-/m0/s1. The first kappa shape index (κ1) is 17.5. The van der Waals surface area contributed by atoms with Crippen LogP contribution in [0.1, 0.15) is 31.0 Å². The van der Waals surface area contributed by atoms with Crippen molar-refractivity contribution in [2.45, 2.75) is 38.8 Å². The number of carbonyl (C=O) groups excluding carboxylic acids is 1. The Morgan fingerprint density at radius 2 is 2.00 bits per heavy atom. The molecule has 0 aliphatic carbocycles. The lowest BCUT2D eigenvalue weighted by Crippen LogP contribution is -2.33. The van der Waals surface area contributed by atoms with Crippen molar-refractivity contribution < 1.29 is 9.53 Å². The molecule has 1 atom stereocenters. The molecule has 0 bridgehead atoms. The SMILES string of the molecule is C[C@@H](CCCc1cccc(Br)n1)NC(=O)OCc1ccccc1. The Bertz CT molecular complexity index is 619. The zero-order valence-corrected chi connectivity index (χ0v) is 14.8. The van der Waals surface area contributed by atoms with Gasteiger partial charge in [-0.3, -0.25) is 0 Å². The van der Waals surface area contributed by atoms with Crippen molar-refractivity contribution in [1.29, 1.82) is 0 Å². The fourth-order valence-corrected chi connectivity index (χ4v) is 2.60. The molecule has 1 aromatic carbocycles. The predicted octanol–water partition coefficient (Wildman–Crippen LogP) is 4.48. The molecular formula is C18H21BrN2O2. The lowest BCUT2D eigenvalue weighted by molar-refractivity contribution is 0.136. The van der Waals surface area contributed by atoms with Crippen LogP contribution in [0.2, 0.25) is 0 Å². The minimum atomic E-state index is -0.373. The number of halogens is 1. The van der Waals surface area contributed by atoms with Gasteiger partial charge in [-0.15, -0.1) is 0 Å². The maximum Gasteiger partial charge on any atom is 0.407 e. The quantitative estimate of drug-likeness (QED) is 0.724. The Labute approximate surface area is 145 Å². The van der Waals surface area contributed by atoms with E-state index in [1.54, 1.807) is 0 Å². The number of pyridine rings is 1. The average molecular weight is 377 g/mol. The highest BCUT2D eigenvalue weighted by Gasteiger charge is 2.08. The largest absolute Gasteiger partial charge is 0.445 e. The molecule has 0 fully saturated rings. The molecular weight excluding hydrogens is 356 g/mol. The Morgan fingerprint density at radius 1 is 1.22 bits per heavy atom. The zero-order valence-electron chi connectivity index (χ0n) is 13.2. The van der Waals surface area contributed by atoms with E-state index < -0.39 is 0 Å². The van der Waals surface area contributed by atoms with Gasteiger partial charge in [0.15, 0.2) is 0 Å². The van der Waals surface area contributed by atoms with E-state index in [4.69, 9.17) is 4.74 Å². The topological polar surface area (TPSA) is 51.2 Å². The van der Waals surface area contributed by atoms with Crippen molar-refractivity contribution >= 4 is 22.0 Å². The molecule has 1 aromatic heterocycles. The van der Waals surface area contributed by atoms with Crippen molar-refractivity contribution in [2.75, 3.05) is 0 Å². The van der Waals surface area contributed by atoms with Crippen LogP contribution in [0.3, 0.4) is 0 Å². The number of benzene rings is 1. The summed E-state index contributed by atoms with van der Waals surface area (Å²) in [6.45, 7) is 2.28. The van der Waals surface area contributed by atoms with E-state index in [-0.39, 0.29) is 12.1 Å². The highest BCUT2D eigenvalue weighted by Crippen LogP contribution is 2.10. The molecule has 122 valence electrons. The minimum Gasteiger partial charge on any atom is -0.445 e. The van der Waals surface area contributed by atoms with Crippen LogP contribution in [0.5, 0.6) is 0 Å². The molecule has 1 N–H and O–H groups in total. The summed E-state index contributed by atoms with van der Waals surface area (Å²) in [6, 6.07) is 15.6. The molecule has 4 nitrogen and oxygen atoms in total. The maximum absolute atomic E-state index is 11.8. The Hall–Kier alpha value is -1.88. The summed E-state index contributed by atoms with van der Waals surface area (Å²) < 4.78 is 6.06. The predicted molar refractivity (Wildman–Crippen MR) is 94.1 cm³/mol. The van der Waals surface area contributed by atoms with Crippen molar-refractivity contribution in [1.82, 2.24) is 10.3 Å². The molecule has 2 aromatic rings. The zero-order chi connectivity index (χ0) is 16.5. The molecule has 0 saturated heterocycles. The van der Waals surface area contributed by atoms with Gasteiger partial charge >= 0.3 is 6.09 Å². The van der Waals surface area contributed by atoms with Gasteiger partial charge in [-0.25, -0.2) is 9.78 Å². The van der Waals surface area contributed by atoms with Crippen LogP contribution in [0.4, 0.5) is 4.79 Å². The molecule has 0 aliphatic rings. The molecule has 1 amide bonds. The lowest BCUT2D eigenvalue weighted by atomic mass is 10.1. The van der Waals surface area contributed by atoms with Crippen LogP contribution in [0.15, 0.2) is 53.1 Å². The lowest BCUT2D eigenvalue weighted by Gasteiger charge is -2.14. The van der Waals surface area contributed by atoms with Gasteiger partial charge < -0.3 is 10.1 Å². The van der Waals surface area contributed by atoms with E-state index in [0.717, 1.165) is 35.1 Å². The van der Waals surface area contributed by atoms with Gasteiger partial charge in [-0.05, 0) is 59.8 Å². The van der Waals surface area contributed by atoms with Crippen LogP contribution in [-0.2, 0) is 17.8 Å². The molecule has 2 rings (SSSR count). The number of aryl methyl sites for hydroxylation is 1. The van der Waals surface area contributed by atoms with Crippen molar-refractivity contribution in [3.8, 4) is 0 Å². The Kier molecular flexibility index (Phi) is 7.07. The number of alkyl carbamates (subject to hydrolysis) is 1. The molecule has 0 spiro atoms. The van der Waals surface area contributed by atoms with E-state index in [0.29, 0.717) is 6.61 Å². The first-order chi connectivity index (χ1) is 11.1. The van der Waals surface area contributed by atoms with Gasteiger partial charge in [0.2, 0.25) is 0 Å². The number of nitrogens with one attached hydrogen (secondary N) is 1. The van der Waals surface area contributed by atoms with Gasteiger partial charge in [-0.2, -0.15) is 0 Å². The number of aromatic nitrogens is 1. The van der Waals surface area contributed by atoms with E-state index in [1.807, 2.05) is 55.5 Å². The molecule has 0 saturated carbocycles. The number of ether oxygens (including phenoxy) is 1. The minimum absolute atomic E-state index is 0.0745. The second-order valence-electron chi connectivity index (χ2n) is 5.45. The second kappa shape index (κ2) is 9.30. The van der Waals surface area contributed by atoms with E-state index in [2.05, 4.69) is 26.2 Å². The third-order valence-electron chi connectivity index (χ3n) is 3.42. The maximum atomic E-state index is 11.8. The number of carbonyl (C=O) groups is 1. The Morgan fingerprint density at radius 3 is 2.74 bits per heavy atom. The number of hydrogen-bond acceptors (Lipinski definition) is 3. The van der Waals surface area contributed by atoms with Gasteiger partial charge in [0, 0.05) is 11.7 Å². The molecule has 0 radical (unpaired) electrons. The molecule has 23 heavy (non-hydrogen) atoms. The van der Waals surface area contributed by atoms with Gasteiger partial charge in [0.1, 0.15) is 11.2 Å². The van der Waals surface area contributed by atoms with E-state index >= 15 is 0 Å². The molecule has 0 unspecified atom stereocenters. The first-order valence-corrected chi connectivity index (χ1v) is 8.51. The average Bonchev–Trinajstić information content (AvgIpc) is 2.54. The highest BCUT2D eigenvalue weighted by molar-refractivity contribution is 9.10. The molecule has 0 aliphatic heterocycles. The van der Waals surface area contributed by atoms with Gasteiger partial charge in [-0.1, -0.05) is 36.4 Å². The summed E-state index contributed by atoms with van der Waals surface area (Å²) in [5.41, 5.74) is 2.04. The normalized spacial score (nSPS) is 11.7. The summed E-state index contributed by atoms with van der Waals surface area (Å²) in [4.78, 5) is 16.2. The Balaban J connectivity index is 1.64. The molecule has 1 heterocycles. The van der Waals surface area contributed by atoms with E-state index in [1.165, 1.54) is 0 Å². The van der Waals surface area contributed by atoms with Crippen LogP contribution in [-0.4, -0.2) is 17.1 Å². The van der Waals surface area contributed by atoms with Crippen molar-refractivity contribution in [3.63, 3.8) is 0 Å². The van der Waals surface area contributed by atoms with Crippen molar-refractivity contribution in [3.05, 3.63) is 64.4 Å². The summed E-state index contributed by atoms with van der Waals surface area (Å²) in [6.07, 6.45) is 2.37. The van der Waals surface area contributed by atoms with Crippen LogP contribution in [0.25, 0.3) is 0 Å². The summed E-state index contributed by atoms with van der Waals surface area (Å²) in [5.74, 6) is 0. The first-order valence-electron chi connectivity index (χ1n) is 7.72. The fraction of sp³-hybridized carbons (Fsp3) is 0.333. The summed E-state index contributed by atoms with van der Waals surface area (Å²) in [7, 11) is 0. The number of nitrogens with zero attached hydrogens (tertiary/aromatic N) is 1. The van der Waals surface area contributed by atoms with Crippen molar-refractivity contribution in [2.24, 2.45) is 0 Å². The third-order valence-corrected chi connectivity index (χ3v) is 3.86. The van der Waals surface area contributed by atoms with Crippen LogP contribution in [0, 0.1) is 0 Å². The van der Waals surface area contributed by atoms with E-state index in [9.17, 15) is 4.79 Å². The monoisotopic (exact) mass is 376 g/mol. The summed E-state index contributed by atoms with van der Waals surface area (Å²) in [5, 5.41) is 2.86. The summed E-state index contributed by atoms with van der Waals surface area (Å²) >= 11 is 3.37. The van der Waals surface area contributed by atoms with Crippen LogP contribution >= 0.6 is 15.9 Å². The number of hydrogen-bond donors (Lipinski definition) is 1. The highest BCUT2D eigenvalue weighted by atomic mass is 79.9.